The maximum Gasteiger partial charge on any atom is 0.258 e. The Morgan fingerprint density at radius 1 is 1.07 bits per heavy atom. The third kappa shape index (κ3) is 3.47. The predicted molar refractivity (Wildman–Crippen MR) is 112 cm³/mol. The Morgan fingerprint density at radius 3 is 2.34 bits per heavy atom. The van der Waals surface area contributed by atoms with Crippen LogP contribution in [0.5, 0.6) is 0 Å². The number of amides is 1. The Hall–Kier alpha value is -3.61. The fourth-order valence-corrected chi connectivity index (χ4v) is 3.71. The molecule has 0 radical (unpaired) electrons. The lowest BCUT2D eigenvalue weighted by Crippen LogP contribution is -2.50. The number of nitrogens with zero attached hydrogens (tertiary/aromatic N) is 3. The Kier molecular flexibility index (Phi) is 4.80. The van der Waals surface area contributed by atoms with Crippen LogP contribution in [0.4, 0.5) is 5.95 Å². The number of carbonyl (C=O) groups is 1. The number of hydrogen-bond acceptors (Lipinski definition) is 6. The minimum Gasteiger partial charge on any atom is -0.368 e. The molecule has 0 unspecified atom stereocenters. The number of nitrogens with one attached hydrogen (secondary N) is 2. The summed E-state index contributed by atoms with van der Waals surface area (Å²) in [6, 6.07) is 11.5. The van der Waals surface area contributed by atoms with Crippen molar-refractivity contribution >= 4 is 17.7 Å². The monoisotopic (exact) mass is 386 g/mol. The average molecular weight is 386 g/mol. The van der Waals surface area contributed by atoms with Crippen LogP contribution in [0.1, 0.15) is 40.9 Å². The van der Waals surface area contributed by atoms with Crippen LogP contribution in [0.2, 0.25) is 0 Å². The lowest BCUT2D eigenvalue weighted by Gasteiger charge is -2.42. The number of benzene rings is 1. The van der Waals surface area contributed by atoms with E-state index >= 15 is 0 Å². The molecule has 1 aliphatic carbocycles. The van der Waals surface area contributed by atoms with Crippen molar-refractivity contribution in [3.05, 3.63) is 71.8 Å². The predicted octanol–water partition coefficient (Wildman–Crippen LogP) is 3.26. The summed E-state index contributed by atoms with van der Waals surface area (Å²) in [5, 5.41) is 11.4. The first-order valence-corrected chi connectivity index (χ1v) is 9.50. The number of anilines is 1. The molecule has 0 spiro atoms. The zero-order valence-corrected chi connectivity index (χ0v) is 16.1. The van der Waals surface area contributed by atoms with Crippen LogP contribution in [0.25, 0.3) is 11.1 Å². The second-order valence-corrected chi connectivity index (χ2v) is 7.31. The van der Waals surface area contributed by atoms with Crippen molar-refractivity contribution in [2.75, 3.05) is 5.73 Å². The smallest absolute Gasteiger partial charge is 0.258 e. The Morgan fingerprint density at radius 2 is 1.76 bits per heavy atom. The van der Waals surface area contributed by atoms with Gasteiger partial charge in [0.15, 0.2) is 0 Å². The van der Waals surface area contributed by atoms with Crippen molar-refractivity contribution in [3.8, 4) is 11.1 Å². The molecular formula is C22H22N6O. The number of aromatic nitrogens is 3. The minimum atomic E-state index is -0.456. The number of aryl methyl sites for hydroxylation is 1. The lowest BCUT2D eigenvalue weighted by molar-refractivity contribution is 0.0971. The van der Waals surface area contributed by atoms with Gasteiger partial charge in [-0.05, 0) is 43.0 Å². The second-order valence-electron chi connectivity index (χ2n) is 7.31. The summed E-state index contributed by atoms with van der Waals surface area (Å²) in [6.07, 6.45) is 7.73. The van der Waals surface area contributed by atoms with Gasteiger partial charge in [-0.25, -0.2) is 9.97 Å². The molecule has 1 fully saturated rings. The van der Waals surface area contributed by atoms with Crippen LogP contribution in [0.3, 0.4) is 0 Å². The normalized spacial score (nSPS) is 14.7. The highest BCUT2D eigenvalue weighted by Gasteiger charge is 2.43. The number of carbonyl (C=O) groups excluding carboxylic acids is 1. The molecule has 7 heteroatoms. The molecule has 2 heterocycles. The lowest BCUT2D eigenvalue weighted by atomic mass is 9.63. The highest BCUT2D eigenvalue weighted by molar-refractivity contribution is 6.09. The van der Waals surface area contributed by atoms with E-state index in [9.17, 15) is 4.79 Å². The third-order valence-electron chi connectivity index (χ3n) is 5.62. The Labute approximate surface area is 168 Å². The van der Waals surface area contributed by atoms with Crippen molar-refractivity contribution in [1.29, 1.82) is 5.41 Å². The first-order chi connectivity index (χ1) is 14.0. The molecule has 1 aromatic carbocycles. The number of rotatable bonds is 4. The number of hydrogen-bond donors (Lipinski definition) is 3. The Balaban J connectivity index is 1.55. The second kappa shape index (κ2) is 7.43. The zero-order chi connectivity index (χ0) is 20.4. The number of nitrogen functional groups attached to an aromatic ring is 1. The SMILES string of the molecule is Cc1ncccc1C(=O)NC(=N)C1(c2ccc(-c3cnc(N)nc3)cc2)CCC1. The molecule has 1 aliphatic rings. The van der Waals surface area contributed by atoms with Gasteiger partial charge in [0.25, 0.3) is 5.91 Å². The maximum atomic E-state index is 12.6. The van der Waals surface area contributed by atoms with E-state index in [2.05, 4.69) is 20.3 Å². The number of pyridine rings is 1. The number of nitrogens with two attached hydrogens (primary N) is 1. The molecule has 4 rings (SSSR count). The van der Waals surface area contributed by atoms with Crippen molar-refractivity contribution in [3.63, 3.8) is 0 Å². The summed E-state index contributed by atoms with van der Waals surface area (Å²) < 4.78 is 0. The van der Waals surface area contributed by atoms with Gasteiger partial charge in [0.2, 0.25) is 5.95 Å². The molecule has 0 atom stereocenters. The fraction of sp³-hybridized carbons (Fsp3) is 0.227. The van der Waals surface area contributed by atoms with Gasteiger partial charge >= 0.3 is 0 Å². The molecular weight excluding hydrogens is 364 g/mol. The summed E-state index contributed by atoms with van der Waals surface area (Å²) in [4.78, 5) is 24.9. The van der Waals surface area contributed by atoms with Gasteiger partial charge in [0.1, 0.15) is 5.84 Å². The van der Waals surface area contributed by atoms with Crippen molar-refractivity contribution in [2.24, 2.45) is 0 Å². The molecule has 2 aromatic heterocycles. The standard InChI is InChI=1S/C22H22N6O/c1-14-18(4-2-11-25-14)19(29)28-20(23)22(9-3-10-22)17-7-5-15(6-8-17)16-12-26-21(24)27-13-16/h2,4-8,11-13H,3,9-10H2,1H3,(H2,23,28,29)(H2,24,26,27). The molecule has 1 saturated carbocycles. The molecule has 3 aromatic rings. The molecule has 146 valence electrons. The maximum absolute atomic E-state index is 12.6. The van der Waals surface area contributed by atoms with Crippen molar-refractivity contribution in [1.82, 2.24) is 20.3 Å². The summed E-state index contributed by atoms with van der Waals surface area (Å²) in [7, 11) is 0. The van der Waals surface area contributed by atoms with Crippen LogP contribution < -0.4 is 11.1 Å². The summed E-state index contributed by atoms with van der Waals surface area (Å²) in [6.45, 7) is 1.79. The van der Waals surface area contributed by atoms with Crippen LogP contribution in [-0.2, 0) is 5.41 Å². The van der Waals surface area contributed by atoms with Crippen molar-refractivity contribution < 1.29 is 4.79 Å². The van der Waals surface area contributed by atoms with Gasteiger partial charge in [-0.3, -0.25) is 15.2 Å². The largest absolute Gasteiger partial charge is 0.368 e. The van der Waals surface area contributed by atoms with Crippen LogP contribution in [0, 0.1) is 12.3 Å². The van der Waals surface area contributed by atoms with Crippen LogP contribution in [0.15, 0.2) is 55.0 Å². The average Bonchev–Trinajstić information content (AvgIpc) is 2.68. The topological polar surface area (TPSA) is 118 Å². The van der Waals surface area contributed by atoms with E-state index in [0.29, 0.717) is 11.3 Å². The quantitative estimate of drug-likeness (QED) is 0.470. The molecule has 0 bridgehead atoms. The fourth-order valence-electron chi connectivity index (χ4n) is 3.71. The van der Waals surface area contributed by atoms with Crippen LogP contribution >= 0.6 is 0 Å². The number of amidine groups is 1. The van der Waals surface area contributed by atoms with Gasteiger partial charge in [-0.15, -0.1) is 0 Å². The van der Waals surface area contributed by atoms with Gasteiger partial charge < -0.3 is 11.1 Å². The molecule has 1 amide bonds. The Bertz CT molecular complexity index is 1060. The van der Waals surface area contributed by atoms with Gasteiger partial charge in [0.05, 0.1) is 11.0 Å². The third-order valence-corrected chi connectivity index (χ3v) is 5.62. The van der Waals surface area contributed by atoms with E-state index in [1.807, 2.05) is 24.3 Å². The van der Waals surface area contributed by atoms with E-state index in [1.165, 1.54) is 0 Å². The molecule has 29 heavy (non-hydrogen) atoms. The van der Waals surface area contributed by atoms with Gasteiger partial charge in [-0.1, -0.05) is 30.7 Å². The first-order valence-electron chi connectivity index (χ1n) is 9.50. The van der Waals surface area contributed by atoms with Crippen LogP contribution in [-0.4, -0.2) is 26.7 Å². The molecule has 4 N–H and O–H groups in total. The highest BCUT2D eigenvalue weighted by Crippen LogP contribution is 2.44. The molecule has 7 nitrogen and oxygen atoms in total. The van der Waals surface area contributed by atoms with E-state index in [0.717, 1.165) is 36.0 Å². The first kappa shape index (κ1) is 18.7. The molecule has 0 saturated heterocycles. The van der Waals surface area contributed by atoms with E-state index in [4.69, 9.17) is 11.1 Å². The van der Waals surface area contributed by atoms with Gasteiger partial charge in [0, 0.05) is 29.8 Å². The van der Waals surface area contributed by atoms with Gasteiger partial charge in [-0.2, -0.15) is 0 Å². The zero-order valence-electron chi connectivity index (χ0n) is 16.1. The molecule has 0 aliphatic heterocycles. The highest BCUT2D eigenvalue weighted by atomic mass is 16.1. The minimum absolute atomic E-state index is 0.237. The summed E-state index contributed by atoms with van der Waals surface area (Å²) >= 11 is 0. The van der Waals surface area contributed by atoms with E-state index in [-0.39, 0.29) is 17.7 Å². The van der Waals surface area contributed by atoms with E-state index in [1.54, 1.807) is 37.6 Å². The van der Waals surface area contributed by atoms with Crippen molar-refractivity contribution in [2.45, 2.75) is 31.6 Å². The van der Waals surface area contributed by atoms with E-state index < -0.39 is 5.41 Å². The summed E-state index contributed by atoms with van der Waals surface area (Å²) in [5.41, 5.74) is 9.12. The summed E-state index contributed by atoms with van der Waals surface area (Å²) in [5.74, 6) is 0.190.